The molecular weight excluding hydrogens is 254 g/mol. The lowest BCUT2D eigenvalue weighted by Crippen LogP contribution is -2.38. The van der Waals surface area contributed by atoms with Crippen LogP contribution >= 0.6 is 0 Å². The minimum atomic E-state index is -0.236. The third-order valence-electron chi connectivity index (χ3n) is 2.97. The van der Waals surface area contributed by atoms with Gasteiger partial charge in [0.25, 0.3) is 5.91 Å². The SMILES string of the molecule is CC(C)Nc1ccccc1C(=O)NCC(=O)NC1CC1. The van der Waals surface area contributed by atoms with Crippen molar-refractivity contribution in [3.05, 3.63) is 29.8 Å². The number of rotatable bonds is 6. The molecule has 1 aromatic carbocycles. The van der Waals surface area contributed by atoms with Crippen LogP contribution in [-0.4, -0.2) is 30.4 Å². The number of nitrogens with one attached hydrogen (secondary N) is 3. The van der Waals surface area contributed by atoms with Crippen LogP contribution in [0.4, 0.5) is 5.69 Å². The summed E-state index contributed by atoms with van der Waals surface area (Å²) in [6.45, 7) is 4.04. The van der Waals surface area contributed by atoms with Gasteiger partial charge in [0.1, 0.15) is 0 Å². The minimum absolute atomic E-state index is 0.0192. The predicted octanol–water partition coefficient (Wildman–Crippen LogP) is 1.52. The number of carbonyl (C=O) groups excluding carboxylic acids is 2. The molecule has 0 bridgehead atoms. The first kappa shape index (κ1) is 14.4. The van der Waals surface area contributed by atoms with Gasteiger partial charge in [-0.15, -0.1) is 0 Å². The Balaban J connectivity index is 1.92. The molecule has 5 heteroatoms. The smallest absolute Gasteiger partial charge is 0.253 e. The van der Waals surface area contributed by atoms with Crippen molar-refractivity contribution in [1.29, 1.82) is 0 Å². The van der Waals surface area contributed by atoms with Gasteiger partial charge < -0.3 is 16.0 Å². The molecule has 0 saturated heterocycles. The molecule has 0 aromatic heterocycles. The number of carbonyl (C=O) groups is 2. The largest absolute Gasteiger partial charge is 0.382 e. The third-order valence-corrected chi connectivity index (χ3v) is 2.97. The number of hydrogen-bond donors (Lipinski definition) is 3. The van der Waals surface area contributed by atoms with Gasteiger partial charge in [-0.25, -0.2) is 0 Å². The van der Waals surface area contributed by atoms with Gasteiger partial charge in [-0.1, -0.05) is 12.1 Å². The van der Waals surface area contributed by atoms with Crippen molar-refractivity contribution in [3.63, 3.8) is 0 Å². The van der Waals surface area contributed by atoms with Crippen molar-refractivity contribution < 1.29 is 9.59 Å². The lowest BCUT2D eigenvalue weighted by molar-refractivity contribution is -0.120. The maximum Gasteiger partial charge on any atom is 0.253 e. The average molecular weight is 275 g/mol. The van der Waals surface area contributed by atoms with Crippen LogP contribution in [0.1, 0.15) is 37.0 Å². The van der Waals surface area contributed by atoms with E-state index in [9.17, 15) is 9.59 Å². The summed E-state index contributed by atoms with van der Waals surface area (Å²) in [4.78, 5) is 23.7. The highest BCUT2D eigenvalue weighted by Gasteiger charge is 2.23. The normalized spacial score (nSPS) is 13.9. The number of anilines is 1. The summed E-state index contributed by atoms with van der Waals surface area (Å²) in [5, 5.41) is 8.72. The van der Waals surface area contributed by atoms with Crippen molar-refractivity contribution in [2.45, 2.75) is 38.8 Å². The predicted molar refractivity (Wildman–Crippen MR) is 78.7 cm³/mol. The van der Waals surface area contributed by atoms with Crippen molar-refractivity contribution >= 4 is 17.5 Å². The highest BCUT2D eigenvalue weighted by atomic mass is 16.2. The molecule has 1 saturated carbocycles. The second-order valence-electron chi connectivity index (χ2n) is 5.37. The van der Waals surface area contributed by atoms with Gasteiger partial charge in [0.05, 0.1) is 12.1 Å². The van der Waals surface area contributed by atoms with E-state index in [0.29, 0.717) is 11.6 Å². The Morgan fingerprint density at radius 3 is 2.60 bits per heavy atom. The molecule has 2 rings (SSSR count). The van der Waals surface area contributed by atoms with Crippen molar-refractivity contribution in [3.8, 4) is 0 Å². The molecule has 0 spiro atoms. The van der Waals surface area contributed by atoms with E-state index in [1.807, 2.05) is 32.0 Å². The molecule has 1 fully saturated rings. The summed E-state index contributed by atoms with van der Waals surface area (Å²) >= 11 is 0. The first-order valence-corrected chi connectivity index (χ1v) is 6.99. The summed E-state index contributed by atoms with van der Waals surface area (Å²) in [6.07, 6.45) is 2.08. The minimum Gasteiger partial charge on any atom is -0.382 e. The quantitative estimate of drug-likeness (QED) is 0.737. The van der Waals surface area contributed by atoms with Crippen LogP contribution in [0.2, 0.25) is 0 Å². The standard InChI is InChI=1S/C15H21N3O2/c1-10(2)17-13-6-4-3-5-12(13)15(20)16-9-14(19)18-11-7-8-11/h3-6,10-11,17H,7-9H2,1-2H3,(H,16,20)(H,18,19). The summed E-state index contributed by atoms with van der Waals surface area (Å²) in [5.74, 6) is -0.366. The first-order chi connectivity index (χ1) is 9.56. The number of benzene rings is 1. The van der Waals surface area contributed by atoms with Gasteiger partial charge >= 0.3 is 0 Å². The van der Waals surface area contributed by atoms with Gasteiger partial charge in [0, 0.05) is 17.8 Å². The molecule has 1 aliphatic carbocycles. The van der Waals surface area contributed by atoms with E-state index < -0.39 is 0 Å². The molecule has 0 unspecified atom stereocenters. The Hall–Kier alpha value is -2.04. The zero-order valence-corrected chi connectivity index (χ0v) is 11.9. The van der Waals surface area contributed by atoms with Crippen LogP contribution in [0, 0.1) is 0 Å². The first-order valence-electron chi connectivity index (χ1n) is 6.99. The maximum atomic E-state index is 12.1. The summed E-state index contributed by atoms with van der Waals surface area (Å²) in [6, 6.07) is 7.85. The molecule has 1 aliphatic rings. The van der Waals surface area contributed by atoms with Gasteiger partial charge in [0.2, 0.25) is 5.91 Å². The Kier molecular flexibility index (Phi) is 4.61. The highest BCUT2D eigenvalue weighted by Crippen LogP contribution is 2.18. The van der Waals surface area contributed by atoms with E-state index in [0.717, 1.165) is 18.5 Å². The van der Waals surface area contributed by atoms with Crippen LogP contribution < -0.4 is 16.0 Å². The number of para-hydroxylation sites is 1. The van der Waals surface area contributed by atoms with Crippen LogP contribution in [0.25, 0.3) is 0 Å². The summed E-state index contributed by atoms with van der Waals surface area (Å²) < 4.78 is 0. The zero-order valence-electron chi connectivity index (χ0n) is 11.9. The molecule has 0 heterocycles. The summed E-state index contributed by atoms with van der Waals surface area (Å²) in [5.41, 5.74) is 1.34. The van der Waals surface area contributed by atoms with E-state index >= 15 is 0 Å². The van der Waals surface area contributed by atoms with Crippen LogP contribution in [0.3, 0.4) is 0 Å². The van der Waals surface area contributed by atoms with Crippen LogP contribution in [0.5, 0.6) is 0 Å². The van der Waals surface area contributed by atoms with Gasteiger partial charge in [-0.2, -0.15) is 0 Å². The van der Waals surface area contributed by atoms with Crippen molar-refractivity contribution in [1.82, 2.24) is 10.6 Å². The Bertz CT molecular complexity index is 496. The second kappa shape index (κ2) is 6.41. The Morgan fingerprint density at radius 2 is 1.95 bits per heavy atom. The van der Waals surface area contributed by atoms with E-state index in [1.165, 1.54) is 0 Å². The maximum absolute atomic E-state index is 12.1. The van der Waals surface area contributed by atoms with Crippen molar-refractivity contribution in [2.24, 2.45) is 0 Å². The molecule has 0 atom stereocenters. The number of amides is 2. The summed E-state index contributed by atoms with van der Waals surface area (Å²) in [7, 11) is 0. The molecule has 108 valence electrons. The van der Waals surface area contributed by atoms with E-state index in [2.05, 4.69) is 16.0 Å². The average Bonchev–Trinajstić information content (AvgIpc) is 3.20. The zero-order chi connectivity index (χ0) is 14.5. The Morgan fingerprint density at radius 1 is 1.25 bits per heavy atom. The monoisotopic (exact) mass is 275 g/mol. The molecule has 3 N–H and O–H groups in total. The van der Waals surface area contributed by atoms with E-state index in [1.54, 1.807) is 6.07 Å². The Labute approximate surface area is 119 Å². The van der Waals surface area contributed by atoms with E-state index in [4.69, 9.17) is 0 Å². The lowest BCUT2D eigenvalue weighted by Gasteiger charge is -2.14. The molecule has 2 amide bonds. The second-order valence-corrected chi connectivity index (χ2v) is 5.37. The highest BCUT2D eigenvalue weighted by molar-refractivity contribution is 6.01. The van der Waals surface area contributed by atoms with Gasteiger partial charge in [0.15, 0.2) is 0 Å². The third kappa shape index (κ3) is 4.26. The van der Waals surface area contributed by atoms with Gasteiger partial charge in [-0.05, 0) is 38.8 Å². The molecule has 0 radical (unpaired) electrons. The molecule has 5 nitrogen and oxygen atoms in total. The van der Waals surface area contributed by atoms with Crippen LogP contribution in [-0.2, 0) is 4.79 Å². The fourth-order valence-corrected chi connectivity index (χ4v) is 1.88. The fraction of sp³-hybridized carbons (Fsp3) is 0.467. The molecular formula is C15H21N3O2. The molecule has 20 heavy (non-hydrogen) atoms. The molecule has 0 aliphatic heterocycles. The fourth-order valence-electron chi connectivity index (χ4n) is 1.88. The topological polar surface area (TPSA) is 70.2 Å². The van der Waals surface area contributed by atoms with Gasteiger partial charge in [-0.3, -0.25) is 9.59 Å². The number of hydrogen-bond acceptors (Lipinski definition) is 3. The molecule has 1 aromatic rings. The van der Waals surface area contributed by atoms with E-state index in [-0.39, 0.29) is 24.4 Å². The van der Waals surface area contributed by atoms with Crippen LogP contribution in [0.15, 0.2) is 24.3 Å². The van der Waals surface area contributed by atoms with Crippen molar-refractivity contribution in [2.75, 3.05) is 11.9 Å². The lowest BCUT2D eigenvalue weighted by atomic mass is 10.1.